The first kappa shape index (κ1) is 11.7. The van der Waals surface area contributed by atoms with Crippen LogP contribution in [0.1, 0.15) is 31.6 Å². The zero-order valence-electron chi connectivity index (χ0n) is 10.3. The zero-order valence-corrected chi connectivity index (χ0v) is 11.0. The average Bonchev–Trinajstić information content (AvgIpc) is 3.17. The van der Waals surface area contributed by atoms with Gasteiger partial charge < -0.3 is 0 Å². The number of para-hydroxylation sites is 1. The number of benzene rings is 1. The smallest absolute Gasteiger partial charge is 0.261 e. The Labute approximate surface area is 110 Å². The molecule has 2 atom stereocenters. The summed E-state index contributed by atoms with van der Waals surface area (Å²) in [4.78, 5) is 17.0. The molecule has 1 saturated carbocycles. The highest BCUT2D eigenvalue weighted by atomic mass is 35.5. The molecular formula is C14H15ClN2O. The van der Waals surface area contributed by atoms with E-state index in [-0.39, 0.29) is 11.4 Å². The van der Waals surface area contributed by atoms with E-state index < -0.39 is 0 Å². The van der Waals surface area contributed by atoms with Gasteiger partial charge in [-0.2, -0.15) is 0 Å². The Balaban J connectivity index is 2.23. The van der Waals surface area contributed by atoms with Gasteiger partial charge in [0.05, 0.1) is 16.8 Å². The predicted octanol–water partition coefficient (Wildman–Crippen LogP) is 3.11. The minimum Gasteiger partial charge on any atom is -0.292 e. The Hall–Kier alpha value is -1.35. The van der Waals surface area contributed by atoms with Crippen LogP contribution in [0.3, 0.4) is 0 Å². The van der Waals surface area contributed by atoms with Crippen molar-refractivity contribution in [2.45, 2.75) is 31.7 Å². The molecule has 0 saturated heterocycles. The number of hydrogen-bond donors (Lipinski definition) is 0. The molecule has 0 N–H and O–H groups in total. The van der Waals surface area contributed by atoms with Gasteiger partial charge in [-0.15, -0.1) is 11.6 Å². The minimum absolute atomic E-state index is 0.0530. The van der Waals surface area contributed by atoms with Crippen LogP contribution >= 0.6 is 11.6 Å². The van der Waals surface area contributed by atoms with Gasteiger partial charge in [-0.3, -0.25) is 9.36 Å². The third-order valence-corrected chi connectivity index (χ3v) is 3.98. The second-order valence-electron chi connectivity index (χ2n) is 4.83. The number of halogens is 1. The molecule has 1 aromatic carbocycles. The lowest BCUT2D eigenvalue weighted by molar-refractivity contribution is 0.596. The highest BCUT2D eigenvalue weighted by Gasteiger charge is 2.39. The van der Waals surface area contributed by atoms with E-state index in [9.17, 15) is 4.79 Å². The fourth-order valence-corrected chi connectivity index (χ4v) is 2.80. The molecule has 0 radical (unpaired) electrons. The van der Waals surface area contributed by atoms with Crippen LogP contribution in [0, 0.1) is 5.92 Å². The van der Waals surface area contributed by atoms with Crippen molar-refractivity contribution in [3.63, 3.8) is 0 Å². The lowest BCUT2D eigenvalue weighted by Crippen LogP contribution is -2.24. The molecular weight excluding hydrogens is 248 g/mol. The largest absolute Gasteiger partial charge is 0.292 e. The summed E-state index contributed by atoms with van der Waals surface area (Å²) in [6, 6.07) is 7.76. The molecule has 1 aliphatic rings. The number of rotatable bonds is 3. The van der Waals surface area contributed by atoms with Gasteiger partial charge in [-0.25, -0.2) is 4.98 Å². The zero-order chi connectivity index (χ0) is 12.7. The first-order chi connectivity index (χ1) is 8.76. The van der Waals surface area contributed by atoms with Gasteiger partial charge in [0, 0.05) is 6.04 Å². The van der Waals surface area contributed by atoms with Gasteiger partial charge in [0.25, 0.3) is 5.56 Å². The highest BCUT2D eigenvalue weighted by Crippen LogP contribution is 2.45. The number of hydrogen-bond acceptors (Lipinski definition) is 2. The van der Waals surface area contributed by atoms with Crippen LogP contribution < -0.4 is 5.56 Å². The second kappa shape index (κ2) is 4.39. The van der Waals surface area contributed by atoms with Crippen LogP contribution in [0.2, 0.25) is 0 Å². The van der Waals surface area contributed by atoms with Crippen LogP contribution in [-0.4, -0.2) is 9.55 Å². The third-order valence-electron chi connectivity index (χ3n) is 3.74. The SMILES string of the molecule is CCC1CC1n1c(CCl)nc2ccccc2c1=O. The van der Waals surface area contributed by atoms with E-state index in [1.807, 2.05) is 28.8 Å². The van der Waals surface area contributed by atoms with Crippen molar-refractivity contribution in [2.75, 3.05) is 0 Å². The van der Waals surface area contributed by atoms with Gasteiger partial charge in [-0.05, 0) is 24.5 Å². The number of fused-ring (bicyclic) bond motifs is 1. The Kier molecular flexibility index (Phi) is 2.86. The second-order valence-corrected chi connectivity index (χ2v) is 5.09. The van der Waals surface area contributed by atoms with Crippen molar-refractivity contribution >= 4 is 22.5 Å². The van der Waals surface area contributed by atoms with E-state index in [0.29, 0.717) is 23.2 Å². The molecule has 3 rings (SSSR count). The fourth-order valence-electron chi connectivity index (χ4n) is 2.61. The quantitative estimate of drug-likeness (QED) is 0.797. The first-order valence-electron chi connectivity index (χ1n) is 6.32. The maximum atomic E-state index is 12.5. The van der Waals surface area contributed by atoms with Gasteiger partial charge in [0.1, 0.15) is 5.82 Å². The molecule has 0 spiro atoms. The molecule has 94 valence electrons. The van der Waals surface area contributed by atoms with Gasteiger partial charge in [0.2, 0.25) is 0 Å². The lowest BCUT2D eigenvalue weighted by Gasteiger charge is -2.11. The van der Waals surface area contributed by atoms with E-state index in [1.165, 1.54) is 0 Å². The summed E-state index contributed by atoms with van der Waals surface area (Å²) < 4.78 is 1.81. The van der Waals surface area contributed by atoms with Crippen LogP contribution in [0.25, 0.3) is 10.9 Å². The molecule has 0 aliphatic heterocycles. The molecule has 1 fully saturated rings. The van der Waals surface area contributed by atoms with Crippen LogP contribution in [0.4, 0.5) is 0 Å². The Morgan fingerprint density at radius 3 is 2.89 bits per heavy atom. The minimum atomic E-state index is 0.0530. The van der Waals surface area contributed by atoms with E-state index in [1.54, 1.807) is 0 Å². The van der Waals surface area contributed by atoms with E-state index >= 15 is 0 Å². The fraction of sp³-hybridized carbons (Fsp3) is 0.429. The van der Waals surface area contributed by atoms with Crippen molar-refractivity contribution in [3.05, 3.63) is 40.4 Å². The first-order valence-corrected chi connectivity index (χ1v) is 6.85. The van der Waals surface area contributed by atoms with Crippen molar-refractivity contribution < 1.29 is 0 Å². The van der Waals surface area contributed by atoms with Crippen LogP contribution in [-0.2, 0) is 5.88 Å². The molecule has 1 aromatic heterocycles. The Bertz CT molecular complexity index is 650. The number of alkyl halides is 1. The topological polar surface area (TPSA) is 34.9 Å². The predicted molar refractivity (Wildman–Crippen MR) is 73.0 cm³/mol. The Morgan fingerprint density at radius 1 is 1.44 bits per heavy atom. The van der Waals surface area contributed by atoms with Crippen molar-refractivity contribution in [2.24, 2.45) is 5.92 Å². The normalized spacial score (nSPS) is 22.3. The molecule has 3 nitrogen and oxygen atoms in total. The lowest BCUT2D eigenvalue weighted by atomic mass is 10.2. The monoisotopic (exact) mass is 262 g/mol. The Morgan fingerprint density at radius 2 is 2.22 bits per heavy atom. The van der Waals surface area contributed by atoms with E-state index in [0.717, 1.165) is 18.4 Å². The molecule has 1 aliphatic carbocycles. The third kappa shape index (κ3) is 1.74. The summed E-state index contributed by atoms with van der Waals surface area (Å²) >= 11 is 5.94. The molecule has 0 amide bonds. The van der Waals surface area contributed by atoms with Crippen LogP contribution in [0.5, 0.6) is 0 Å². The highest BCUT2D eigenvalue weighted by molar-refractivity contribution is 6.16. The summed E-state index contributed by atoms with van der Waals surface area (Å²) in [5.41, 5.74) is 0.792. The summed E-state index contributed by atoms with van der Waals surface area (Å²) in [6.45, 7) is 2.16. The standard InChI is InChI=1S/C14H15ClN2O/c1-2-9-7-12(9)17-13(8-15)16-11-6-4-3-5-10(11)14(17)18/h3-6,9,12H,2,7-8H2,1H3. The summed E-state index contributed by atoms with van der Waals surface area (Å²) in [5, 5.41) is 0.688. The van der Waals surface area contributed by atoms with E-state index in [2.05, 4.69) is 11.9 Å². The number of nitrogens with zero attached hydrogens (tertiary/aromatic N) is 2. The maximum Gasteiger partial charge on any atom is 0.261 e. The van der Waals surface area contributed by atoms with E-state index in [4.69, 9.17) is 11.6 Å². The summed E-state index contributed by atoms with van der Waals surface area (Å²) in [7, 11) is 0. The molecule has 4 heteroatoms. The molecule has 0 bridgehead atoms. The molecule has 2 aromatic rings. The van der Waals surface area contributed by atoms with Crippen molar-refractivity contribution in [1.82, 2.24) is 9.55 Å². The summed E-state index contributed by atoms with van der Waals surface area (Å²) in [6.07, 6.45) is 2.17. The number of aromatic nitrogens is 2. The van der Waals surface area contributed by atoms with Gasteiger partial charge in [-0.1, -0.05) is 25.5 Å². The van der Waals surface area contributed by atoms with Crippen molar-refractivity contribution in [1.29, 1.82) is 0 Å². The van der Waals surface area contributed by atoms with Crippen molar-refractivity contribution in [3.8, 4) is 0 Å². The molecule has 2 unspecified atom stereocenters. The maximum absolute atomic E-state index is 12.5. The molecule has 1 heterocycles. The average molecular weight is 263 g/mol. The van der Waals surface area contributed by atoms with Gasteiger partial charge >= 0.3 is 0 Å². The molecule has 18 heavy (non-hydrogen) atoms. The van der Waals surface area contributed by atoms with Gasteiger partial charge in [0.15, 0.2) is 0 Å². The summed E-state index contributed by atoms with van der Waals surface area (Å²) in [5.74, 6) is 1.58. The van der Waals surface area contributed by atoms with Crippen LogP contribution in [0.15, 0.2) is 29.1 Å².